The van der Waals surface area contributed by atoms with E-state index in [1.807, 2.05) is 12.1 Å². The van der Waals surface area contributed by atoms with Gasteiger partial charge in [-0.25, -0.2) is 0 Å². The Morgan fingerprint density at radius 3 is 2.69 bits per heavy atom. The van der Waals surface area contributed by atoms with Crippen LogP contribution in [0.15, 0.2) is 24.3 Å². The van der Waals surface area contributed by atoms with Crippen LogP contribution < -0.4 is 0 Å². The van der Waals surface area contributed by atoms with Crippen molar-refractivity contribution in [1.82, 2.24) is 0 Å². The third-order valence-electron chi connectivity index (χ3n) is 2.05. The highest BCUT2D eigenvalue weighted by molar-refractivity contribution is 14.1. The fourth-order valence-electron chi connectivity index (χ4n) is 1.27. The van der Waals surface area contributed by atoms with Crippen molar-refractivity contribution in [2.45, 2.75) is 30.1 Å². The van der Waals surface area contributed by atoms with Gasteiger partial charge in [0.2, 0.25) is 0 Å². The van der Waals surface area contributed by atoms with Crippen molar-refractivity contribution in [1.29, 1.82) is 0 Å². The maximum absolute atomic E-state index is 6.09. The van der Waals surface area contributed by atoms with Crippen LogP contribution in [0.25, 0.3) is 0 Å². The molecule has 0 nitrogen and oxygen atoms in total. The second-order valence-electron chi connectivity index (χ2n) is 3.13. The van der Waals surface area contributed by atoms with Gasteiger partial charge in [-0.1, -0.05) is 72.2 Å². The van der Waals surface area contributed by atoms with Crippen LogP contribution in [0.3, 0.4) is 0 Å². The Labute approximate surface area is 98.8 Å². The zero-order valence-corrected chi connectivity index (χ0v) is 10.7. The molecule has 1 aromatic rings. The second kappa shape index (κ2) is 5.86. The molecule has 13 heavy (non-hydrogen) atoms. The summed E-state index contributed by atoms with van der Waals surface area (Å²) in [6.07, 6.45) is 3.75. The van der Waals surface area contributed by atoms with Gasteiger partial charge < -0.3 is 0 Å². The first-order chi connectivity index (χ1) is 6.25. The Morgan fingerprint density at radius 2 is 2.08 bits per heavy atom. The van der Waals surface area contributed by atoms with Crippen LogP contribution in [-0.4, -0.2) is 0 Å². The van der Waals surface area contributed by atoms with Gasteiger partial charge in [0.1, 0.15) is 0 Å². The fourth-order valence-corrected chi connectivity index (χ4v) is 2.70. The van der Waals surface area contributed by atoms with E-state index in [1.54, 1.807) is 0 Å². The van der Waals surface area contributed by atoms with Crippen molar-refractivity contribution in [3.8, 4) is 0 Å². The van der Waals surface area contributed by atoms with Crippen LogP contribution in [0, 0.1) is 0 Å². The van der Waals surface area contributed by atoms with Crippen LogP contribution in [0.4, 0.5) is 0 Å². The predicted octanol–water partition coefficient (Wildman–Crippen LogP) is 5.01. The van der Waals surface area contributed by atoms with Crippen molar-refractivity contribution in [2.24, 2.45) is 0 Å². The minimum atomic E-state index is 0.561. The standard InChI is InChI=1S/C11H14ClI/c1-2-3-8-11(13)9-6-4-5-7-10(9)12/h4-7,11H,2-3,8H2,1H3. The smallest absolute Gasteiger partial charge is 0.0448 e. The Hall–Kier alpha value is 0.240. The van der Waals surface area contributed by atoms with E-state index in [-0.39, 0.29) is 0 Å². The SMILES string of the molecule is CCCCC(I)c1ccccc1Cl. The lowest BCUT2D eigenvalue weighted by atomic mass is 10.1. The Kier molecular flexibility index (Phi) is 5.10. The lowest BCUT2D eigenvalue weighted by molar-refractivity contribution is 0.720. The third-order valence-corrected chi connectivity index (χ3v) is 3.69. The van der Waals surface area contributed by atoms with Crippen molar-refractivity contribution in [3.05, 3.63) is 34.9 Å². The molecule has 0 N–H and O–H groups in total. The molecule has 0 aliphatic rings. The van der Waals surface area contributed by atoms with Crippen molar-refractivity contribution < 1.29 is 0 Å². The van der Waals surface area contributed by atoms with Crippen molar-refractivity contribution in [2.75, 3.05) is 0 Å². The molecule has 1 rings (SSSR count). The highest BCUT2D eigenvalue weighted by Crippen LogP contribution is 2.33. The highest BCUT2D eigenvalue weighted by atomic mass is 127. The molecule has 0 radical (unpaired) electrons. The summed E-state index contributed by atoms with van der Waals surface area (Å²) >= 11 is 8.57. The van der Waals surface area contributed by atoms with Crippen LogP contribution in [0.1, 0.15) is 35.7 Å². The molecule has 0 bridgehead atoms. The van der Waals surface area contributed by atoms with Crippen LogP contribution in [-0.2, 0) is 0 Å². The number of rotatable bonds is 4. The van der Waals surface area contributed by atoms with Gasteiger partial charge in [0.25, 0.3) is 0 Å². The van der Waals surface area contributed by atoms with E-state index >= 15 is 0 Å². The van der Waals surface area contributed by atoms with Gasteiger partial charge in [-0.15, -0.1) is 0 Å². The summed E-state index contributed by atoms with van der Waals surface area (Å²) in [6, 6.07) is 8.12. The summed E-state index contributed by atoms with van der Waals surface area (Å²) in [5.41, 5.74) is 1.28. The maximum Gasteiger partial charge on any atom is 0.0448 e. The third kappa shape index (κ3) is 3.47. The molecule has 0 aromatic heterocycles. The molecule has 1 atom stereocenters. The van der Waals surface area contributed by atoms with Gasteiger partial charge in [0.05, 0.1) is 0 Å². The molecule has 1 aromatic carbocycles. The molecule has 0 fully saturated rings. The van der Waals surface area contributed by atoms with E-state index in [9.17, 15) is 0 Å². The molecule has 2 heteroatoms. The molecule has 0 spiro atoms. The van der Waals surface area contributed by atoms with Gasteiger partial charge in [-0.2, -0.15) is 0 Å². The summed E-state index contributed by atoms with van der Waals surface area (Å²) in [5, 5.41) is 0.901. The number of alkyl halides is 1. The predicted molar refractivity (Wildman–Crippen MR) is 67.7 cm³/mol. The minimum absolute atomic E-state index is 0.561. The summed E-state index contributed by atoms with van der Waals surface area (Å²) in [5.74, 6) is 0. The van der Waals surface area contributed by atoms with E-state index in [2.05, 4.69) is 41.6 Å². The monoisotopic (exact) mass is 308 g/mol. The minimum Gasteiger partial charge on any atom is -0.0840 e. The lowest BCUT2D eigenvalue weighted by Crippen LogP contribution is -1.90. The average Bonchev–Trinajstić information content (AvgIpc) is 2.15. The van der Waals surface area contributed by atoms with Crippen LogP contribution in [0.5, 0.6) is 0 Å². The Morgan fingerprint density at radius 1 is 1.38 bits per heavy atom. The van der Waals surface area contributed by atoms with E-state index < -0.39 is 0 Å². The first-order valence-electron chi connectivity index (χ1n) is 4.64. The van der Waals surface area contributed by atoms with Crippen molar-refractivity contribution >= 4 is 34.2 Å². The van der Waals surface area contributed by atoms with E-state index in [0.717, 1.165) is 5.02 Å². The first kappa shape index (κ1) is 11.3. The molecule has 0 saturated heterocycles. The molecule has 1 unspecified atom stereocenters. The number of unbranched alkanes of at least 4 members (excludes halogenated alkanes) is 1. The van der Waals surface area contributed by atoms with E-state index in [1.165, 1.54) is 24.8 Å². The summed E-state index contributed by atoms with van der Waals surface area (Å²) < 4.78 is 0.561. The van der Waals surface area contributed by atoms with Gasteiger partial charge in [-0.05, 0) is 18.1 Å². The molecule has 0 aliphatic carbocycles. The largest absolute Gasteiger partial charge is 0.0840 e. The highest BCUT2D eigenvalue weighted by Gasteiger charge is 2.09. The molecular weight excluding hydrogens is 294 g/mol. The second-order valence-corrected chi connectivity index (χ2v) is 5.04. The molecule has 0 heterocycles. The summed E-state index contributed by atoms with van der Waals surface area (Å²) in [4.78, 5) is 0. The van der Waals surface area contributed by atoms with Gasteiger partial charge >= 0.3 is 0 Å². The van der Waals surface area contributed by atoms with Gasteiger partial charge in [-0.3, -0.25) is 0 Å². The maximum atomic E-state index is 6.09. The molecular formula is C11H14ClI. The number of halogens is 2. The van der Waals surface area contributed by atoms with Crippen LogP contribution >= 0.6 is 34.2 Å². The number of hydrogen-bond donors (Lipinski definition) is 0. The zero-order valence-electron chi connectivity index (χ0n) is 7.76. The molecule has 0 aliphatic heterocycles. The Bertz CT molecular complexity index is 260. The van der Waals surface area contributed by atoms with E-state index in [4.69, 9.17) is 11.6 Å². The van der Waals surface area contributed by atoms with Crippen molar-refractivity contribution in [3.63, 3.8) is 0 Å². The lowest BCUT2D eigenvalue weighted by Gasteiger charge is -2.10. The topological polar surface area (TPSA) is 0 Å². The van der Waals surface area contributed by atoms with E-state index in [0.29, 0.717) is 3.92 Å². The number of hydrogen-bond acceptors (Lipinski definition) is 0. The summed E-state index contributed by atoms with van der Waals surface area (Å²) in [6.45, 7) is 2.22. The molecule has 72 valence electrons. The molecule has 0 amide bonds. The Balaban J connectivity index is 2.65. The average molecular weight is 309 g/mol. The van der Waals surface area contributed by atoms with Gasteiger partial charge in [0, 0.05) is 8.95 Å². The first-order valence-corrected chi connectivity index (χ1v) is 6.26. The summed E-state index contributed by atoms with van der Waals surface area (Å²) in [7, 11) is 0. The number of benzene rings is 1. The quantitative estimate of drug-likeness (QED) is 0.542. The fraction of sp³-hybridized carbons (Fsp3) is 0.455. The zero-order chi connectivity index (χ0) is 9.68. The normalized spacial score (nSPS) is 12.8. The van der Waals surface area contributed by atoms with Gasteiger partial charge in [0.15, 0.2) is 0 Å². The van der Waals surface area contributed by atoms with Crippen LogP contribution in [0.2, 0.25) is 5.02 Å². The molecule has 0 saturated carbocycles.